The number of nitro groups is 1. The Hall–Kier alpha value is -2.64. The van der Waals surface area contributed by atoms with Crippen LogP contribution in [0.1, 0.15) is 11.1 Å². The third-order valence-electron chi connectivity index (χ3n) is 3.46. The van der Waals surface area contributed by atoms with Gasteiger partial charge in [0.25, 0.3) is 11.6 Å². The number of nitrogens with one attached hydrogen (secondary N) is 1. The number of nitrogens with zero attached hydrogens (tertiary/aromatic N) is 1. The molecule has 0 atom stereocenters. The van der Waals surface area contributed by atoms with Gasteiger partial charge in [-0.1, -0.05) is 41.4 Å². The highest BCUT2D eigenvalue weighted by atomic mass is 35.5. The highest BCUT2D eigenvalue weighted by molar-refractivity contribution is 6.36. The molecule has 0 aliphatic rings. The number of anilines is 1. The molecular weight excluding hydrogens is 383 g/mol. The number of para-hydroxylation sites is 1. The molecule has 9 heteroatoms. The molecule has 136 valence electrons. The van der Waals surface area contributed by atoms with Crippen LogP contribution in [0.3, 0.4) is 0 Å². The van der Waals surface area contributed by atoms with Crippen molar-refractivity contribution in [3.05, 3.63) is 67.7 Å². The lowest BCUT2D eigenvalue weighted by molar-refractivity contribution is -0.384. The van der Waals surface area contributed by atoms with Gasteiger partial charge in [0.05, 0.1) is 11.3 Å². The number of halogens is 2. The summed E-state index contributed by atoms with van der Waals surface area (Å²) in [4.78, 5) is 34.3. The van der Waals surface area contributed by atoms with Crippen molar-refractivity contribution in [2.24, 2.45) is 0 Å². The maximum Gasteiger partial charge on any atom is 0.310 e. The van der Waals surface area contributed by atoms with E-state index in [2.05, 4.69) is 5.32 Å². The van der Waals surface area contributed by atoms with E-state index in [-0.39, 0.29) is 17.8 Å². The molecule has 1 amide bonds. The summed E-state index contributed by atoms with van der Waals surface area (Å²) in [6, 6.07) is 9.21. The van der Waals surface area contributed by atoms with E-state index in [9.17, 15) is 19.7 Å². The fraction of sp³-hybridized carbons (Fsp3) is 0.176. The predicted octanol–water partition coefficient (Wildman–Crippen LogP) is 3.93. The van der Waals surface area contributed by atoms with Crippen molar-refractivity contribution in [3.63, 3.8) is 0 Å². The first-order valence-electron chi connectivity index (χ1n) is 7.42. The molecule has 0 aromatic heterocycles. The van der Waals surface area contributed by atoms with Crippen LogP contribution in [0.15, 0.2) is 36.4 Å². The van der Waals surface area contributed by atoms with E-state index in [1.807, 2.05) is 0 Å². The lowest BCUT2D eigenvalue weighted by Gasteiger charge is -2.10. The van der Waals surface area contributed by atoms with Crippen LogP contribution in [0.5, 0.6) is 0 Å². The second-order valence-corrected chi connectivity index (χ2v) is 6.13. The van der Waals surface area contributed by atoms with Crippen LogP contribution in [0.2, 0.25) is 10.0 Å². The van der Waals surface area contributed by atoms with Crippen molar-refractivity contribution in [2.75, 3.05) is 11.9 Å². The molecule has 0 aliphatic heterocycles. The normalized spacial score (nSPS) is 10.3. The number of carbonyl (C=O) groups is 2. The quantitative estimate of drug-likeness (QED) is 0.452. The molecule has 26 heavy (non-hydrogen) atoms. The number of carbonyl (C=O) groups excluding carboxylic acids is 2. The molecular formula is C17H14Cl2N2O5. The topological polar surface area (TPSA) is 98.5 Å². The van der Waals surface area contributed by atoms with Crippen molar-refractivity contribution >= 4 is 46.5 Å². The van der Waals surface area contributed by atoms with E-state index in [1.54, 1.807) is 31.2 Å². The summed E-state index contributed by atoms with van der Waals surface area (Å²) < 4.78 is 4.89. The number of esters is 1. The van der Waals surface area contributed by atoms with E-state index in [0.717, 1.165) is 0 Å². The molecule has 2 aromatic rings. The Bertz CT molecular complexity index is 850. The summed E-state index contributed by atoms with van der Waals surface area (Å²) in [6.07, 6.45) is -0.198. The molecule has 2 rings (SSSR count). The first-order valence-corrected chi connectivity index (χ1v) is 8.17. The van der Waals surface area contributed by atoms with E-state index in [1.165, 1.54) is 12.1 Å². The number of benzene rings is 2. The van der Waals surface area contributed by atoms with Crippen LogP contribution < -0.4 is 5.32 Å². The zero-order chi connectivity index (χ0) is 19.3. The molecule has 0 unspecified atom stereocenters. The number of rotatable bonds is 6. The van der Waals surface area contributed by atoms with Crippen LogP contribution in [0, 0.1) is 17.0 Å². The number of amides is 1. The number of hydrogen-bond donors (Lipinski definition) is 1. The van der Waals surface area contributed by atoms with Gasteiger partial charge in [0.1, 0.15) is 5.69 Å². The monoisotopic (exact) mass is 396 g/mol. The fourth-order valence-electron chi connectivity index (χ4n) is 2.19. The van der Waals surface area contributed by atoms with Gasteiger partial charge in [-0.3, -0.25) is 19.7 Å². The third kappa shape index (κ3) is 4.93. The lowest BCUT2D eigenvalue weighted by atomic mass is 10.1. The van der Waals surface area contributed by atoms with E-state index < -0.39 is 23.4 Å². The van der Waals surface area contributed by atoms with Gasteiger partial charge in [0.2, 0.25) is 0 Å². The first-order chi connectivity index (χ1) is 12.3. The maximum atomic E-state index is 12.0. The van der Waals surface area contributed by atoms with Crippen molar-refractivity contribution in [1.29, 1.82) is 0 Å². The Morgan fingerprint density at radius 3 is 2.38 bits per heavy atom. The summed E-state index contributed by atoms with van der Waals surface area (Å²) >= 11 is 11.9. The molecule has 0 spiro atoms. The van der Waals surface area contributed by atoms with E-state index in [0.29, 0.717) is 21.2 Å². The smallest absolute Gasteiger partial charge is 0.310 e. The highest BCUT2D eigenvalue weighted by Crippen LogP contribution is 2.27. The van der Waals surface area contributed by atoms with Crippen LogP contribution in [-0.2, 0) is 20.7 Å². The zero-order valence-corrected chi connectivity index (χ0v) is 15.1. The average Bonchev–Trinajstić information content (AvgIpc) is 2.58. The molecule has 0 saturated carbocycles. The van der Waals surface area contributed by atoms with Crippen molar-refractivity contribution in [1.82, 2.24) is 0 Å². The van der Waals surface area contributed by atoms with Crippen LogP contribution in [0.4, 0.5) is 11.4 Å². The van der Waals surface area contributed by atoms with Gasteiger partial charge < -0.3 is 10.1 Å². The SMILES string of the molecule is Cc1cccc([N+](=O)[O-])c1NC(=O)COC(=O)Cc1c(Cl)cccc1Cl. The molecule has 0 bridgehead atoms. The van der Waals surface area contributed by atoms with Crippen molar-refractivity contribution < 1.29 is 19.2 Å². The molecule has 0 fully saturated rings. The summed E-state index contributed by atoms with van der Waals surface area (Å²) in [5, 5.41) is 14.1. The predicted molar refractivity (Wildman–Crippen MR) is 97.6 cm³/mol. The Morgan fingerprint density at radius 2 is 1.77 bits per heavy atom. The number of ether oxygens (including phenoxy) is 1. The van der Waals surface area contributed by atoms with Gasteiger partial charge in [-0.25, -0.2) is 0 Å². The zero-order valence-electron chi connectivity index (χ0n) is 13.6. The van der Waals surface area contributed by atoms with E-state index >= 15 is 0 Å². The lowest BCUT2D eigenvalue weighted by Crippen LogP contribution is -2.22. The third-order valence-corrected chi connectivity index (χ3v) is 4.17. The summed E-state index contributed by atoms with van der Waals surface area (Å²) in [5.74, 6) is -1.39. The average molecular weight is 397 g/mol. The summed E-state index contributed by atoms with van der Waals surface area (Å²) in [5.41, 5.74) is 0.734. The second kappa shape index (κ2) is 8.64. The van der Waals surface area contributed by atoms with Gasteiger partial charge in [0.15, 0.2) is 6.61 Å². The molecule has 0 aliphatic carbocycles. The van der Waals surface area contributed by atoms with Crippen LogP contribution in [0.25, 0.3) is 0 Å². The van der Waals surface area contributed by atoms with Gasteiger partial charge in [-0.05, 0) is 24.6 Å². The van der Waals surface area contributed by atoms with Crippen LogP contribution >= 0.6 is 23.2 Å². The molecule has 2 aromatic carbocycles. The molecule has 0 radical (unpaired) electrons. The summed E-state index contributed by atoms with van der Waals surface area (Å²) in [7, 11) is 0. The second-order valence-electron chi connectivity index (χ2n) is 5.31. The number of nitro benzene ring substituents is 1. The van der Waals surface area contributed by atoms with Gasteiger partial charge in [0, 0.05) is 21.7 Å². The van der Waals surface area contributed by atoms with Gasteiger partial charge in [-0.2, -0.15) is 0 Å². The Morgan fingerprint density at radius 1 is 1.15 bits per heavy atom. The maximum absolute atomic E-state index is 12.0. The Labute approximate surface area is 159 Å². The summed E-state index contributed by atoms with van der Waals surface area (Å²) in [6.45, 7) is 1.03. The standard InChI is InChI=1S/C17H14Cl2N2O5/c1-10-4-2-7-14(21(24)25)17(10)20-15(22)9-26-16(23)8-11-12(18)5-3-6-13(11)19/h2-7H,8-9H2,1H3,(H,20,22). The number of hydrogen-bond acceptors (Lipinski definition) is 5. The number of aryl methyl sites for hydroxylation is 1. The Kier molecular flexibility index (Phi) is 6.54. The van der Waals surface area contributed by atoms with Gasteiger partial charge in [-0.15, -0.1) is 0 Å². The van der Waals surface area contributed by atoms with Gasteiger partial charge >= 0.3 is 5.97 Å². The first kappa shape index (κ1) is 19.7. The molecule has 7 nitrogen and oxygen atoms in total. The largest absolute Gasteiger partial charge is 0.455 e. The minimum atomic E-state index is -0.700. The van der Waals surface area contributed by atoms with Crippen molar-refractivity contribution in [2.45, 2.75) is 13.3 Å². The molecule has 1 N–H and O–H groups in total. The molecule has 0 heterocycles. The Balaban J connectivity index is 1.97. The fourth-order valence-corrected chi connectivity index (χ4v) is 2.72. The van der Waals surface area contributed by atoms with Crippen molar-refractivity contribution in [3.8, 4) is 0 Å². The minimum Gasteiger partial charge on any atom is -0.455 e. The minimum absolute atomic E-state index is 0.0627. The highest BCUT2D eigenvalue weighted by Gasteiger charge is 2.19. The van der Waals surface area contributed by atoms with E-state index in [4.69, 9.17) is 27.9 Å². The van der Waals surface area contributed by atoms with Crippen LogP contribution in [-0.4, -0.2) is 23.4 Å². The molecule has 0 saturated heterocycles.